The van der Waals surface area contributed by atoms with Crippen molar-refractivity contribution in [3.63, 3.8) is 0 Å². The van der Waals surface area contributed by atoms with Gasteiger partial charge in [-0.05, 0) is 13.0 Å². The van der Waals surface area contributed by atoms with Crippen LogP contribution in [0.15, 0.2) is 6.07 Å². The van der Waals surface area contributed by atoms with E-state index in [1.165, 1.54) is 0 Å². The summed E-state index contributed by atoms with van der Waals surface area (Å²) in [6.45, 7) is 1.39. The van der Waals surface area contributed by atoms with E-state index < -0.39 is 0 Å². The van der Waals surface area contributed by atoms with Crippen LogP contribution in [0.5, 0.6) is 0 Å². The van der Waals surface area contributed by atoms with E-state index in [2.05, 4.69) is 15.3 Å². The number of nitrogens with two attached hydrogens (primary N) is 2. The van der Waals surface area contributed by atoms with Crippen LogP contribution in [0.3, 0.4) is 0 Å². The molecule has 1 rings (SSSR count). The van der Waals surface area contributed by atoms with Crippen LogP contribution in [-0.4, -0.2) is 23.1 Å². The molecule has 0 saturated heterocycles. The second kappa shape index (κ2) is 4.84. The topological polar surface area (TPSA) is 89.8 Å². The highest BCUT2D eigenvalue weighted by Crippen LogP contribution is 2.11. The summed E-state index contributed by atoms with van der Waals surface area (Å²) >= 11 is 5.67. The van der Waals surface area contributed by atoms with Gasteiger partial charge in [0, 0.05) is 12.6 Å². The van der Waals surface area contributed by atoms with Gasteiger partial charge in [0.1, 0.15) is 11.0 Å². The molecule has 0 bridgehead atoms. The zero-order valence-corrected chi connectivity index (χ0v) is 7.88. The third kappa shape index (κ3) is 3.43. The zero-order valence-electron chi connectivity index (χ0n) is 7.13. The molecule has 0 atom stereocenters. The van der Waals surface area contributed by atoms with Crippen LogP contribution in [0.4, 0.5) is 11.8 Å². The van der Waals surface area contributed by atoms with Crippen molar-refractivity contribution >= 4 is 23.4 Å². The number of rotatable bonds is 4. The van der Waals surface area contributed by atoms with E-state index in [4.69, 9.17) is 23.1 Å². The lowest BCUT2D eigenvalue weighted by atomic mass is 10.4. The highest BCUT2D eigenvalue weighted by molar-refractivity contribution is 6.29. The number of nitrogens with zero attached hydrogens (tertiary/aromatic N) is 2. The molecule has 0 aliphatic rings. The summed E-state index contributed by atoms with van der Waals surface area (Å²) in [6.07, 6.45) is 0.877. The molecule has 0 fully saturated rings. The van der Waals surface area contributed by atoms with Crippen molar-refractivity contribution < 1.29 is 0 Å². The number of aromatic nitrogens is 2. The summed E-state index contributed by atoms with van der Waals surface area (Å²) in [7, 11) is 0. The number of anilines is 2. The van der Waals surface area contributed by atoms with Gasteiger partial charge in [-0.15, -0.1) is 0 Å². The van der Waals surface area contributed by atoms with Gasteiger partial charge in [-0.3, -0.25) is 0 Å². The molecule has 1 aromatic heterocycles. The third-order valence-electron chi connectivity index (χ3n) is 1.40. The number of halogens is 1. The first-order chi connectivity index (χ1) is 6.22. The first-order valence-corrected chi connectivity index (χ1v) is 4.34. The number of hydrogen-bond acceptors (Lipinski definition) is 5. The lowest BCUT2D eigenvalue weighted by molar-refractivity contribution is 0.869. The van der Waals surface area contributed by atoms with Crippen LogP contribution >= 0.6 is 11.6 Å². The molecule has 1 aromatic rings. The molecule has 1 heterocycles. The quantitative estimate of drug-likeness (QED) is 0.487. The minimum Gasteiger partial charge on any atom is -0.370 e. The molecular weight excluding hydrogens is 190 g/mol. The van der Waals surface area contributed by atoms with Crippen LogP contribution < -0.4 is 16.8 Å². The van der Waals surface area contributed by atoms with Gasteiger partial charge in [0.2, 0.25) is 5.95 Å². The van der Waals surface area contributed by atoms with Gasteiger partial charge < -0.3 is 16.8 Å². The molecule has 5 nitrogen and oxygen atoms in total. The Morgan fingerprint density at radius 3 is 2.85 bits per heavy atom. The molecule has 13 heavy (non-hydrogen) atoms. The summed E-state index contributed by atoms with van der Waals surface area (Å²) in [5.41, 5.74) is 10.7. The van der Waals surface area contributed by atoms with E-state index in [1.54, 1.807) is 6.07 Å². The number of hydrogen-bond donors (Lipinski definition) is 3. The Bertz CT molecular complexity index is 257. The predicted molar refractivity (Wildman–Crippen MR) is 53.6 cm³/mol. The fourth-order valence-electron chi connectivity index (χ4n) is 0.844. The van der Waals surface area contributed by atoms with E-state index in [9.17, 15) is 0 Å². The molecule has 6 heteroatoms. The minimum atomic E-state index is 0.169. The molecule has 0 unspecified atom stereocenters. The van der Waals surface area contributed by atoms with Crippen LogP contribution in [-0.2, 0) is 0 Å². The maximum absolute atomic E-state index is 5.67. The van der Waals surface area contributed by atoms with Crippen molar-refractivity contribution in [2.24, 2.45) is 5.73 Å². The van der Waals surface area contributed by atoms with Crippen LogP contribution in [0, 0.1) is 0 Å². The molecule has 0 spiro atoms. The third-order valence-corrected chi connectivity index (χ3v) is 1.59. The average Bonchev–Trinajstić information content (AvgIpc) is 2.03. The Labute approximate surface area is 81.5 Å². The second-order valence-corrected chi connectivity index (χ2v) is 2.89. The monoisotopic (exact) mass is 201 g/mol. The average molecular weight is 202 g/mol. The molecule has 0 saturated carbocycles. The van der Waals surface area contributed by atoms with Crippen molar-refractivity contribution in [2.75, 3.05) is 24.1 Å². The van der Waals surface area contributed by atoms with E-state index in [0.717, 1.165) is 13.0 Å². The van der Waals surface area contributed by atoms with Crippen molar-refractivity contribution in [1.82, 2.24) is 9.97 Å². The van der Waals surface area contributed by atoms with E-state index in [1.807, 2.05) is 0 Å². The van der Waals surface area contributed by atoms with Crippen molar-refractivity contribution in [3.8, 4) is 0 Å². The highest BCUT2D eigenvalue weighted by atomic mass is 35.5. The summed E-state index contributed by atoms with van der Waals surface area (Å²) in [5, 5.41) is 3.37. The van der Waals surface area contributed by atoms with Gasteiger partial charge in [0.25, 0.3) is 0 Å². The van der Waals surface area contributed by atoms with Crippen LogP contribution in [0.25, 0.3) is 0 Å². The smallest absolute Gasteiger partial charge is 0.223 e. The Morgan fingerprint density at radius 1 is 1.46 bits per heavy atom. The first-order valence-electron chi connectivity index (χ1n) is 3.96. The van der Waals surface area contributed by atoms with Gasteiger partial charge in [-0.1, -0.05) is 11.6 Å². The molecule has 5 N–H and O–H groups in total. The second-order valence-electron chi connectivity index (χ2n) is 2.50. The summed E-state index contributed by atoms with van der Waals surface area (Å²) < 4.78 is 0. The molecule has 72 valence electrons. The molecule has 0 amide bonds. The lowest BCUT2D eigenvalue weighted by Gasteiger charge is -2.04. The zero-order chi connectivity index (χ0) is 9.68. The fraction of sp³-hybridized carbons (Fsp3) is 0.429. The van der Waals surface area contributed by atoms with Gasteiger partial charge >= 0.3 is 0 Å². The maximum atomic E-state index is 5.67. The minimum absolute atomic E-state index is 0.169. The van der Waals surface area contributed by atoms with E-state index >= 15 is 0 Å². The largest absolute Gasteiger partial charge is 0.370 e. The van der Waals surface area contributed by atoms with Gasteiger partial charge in [-0.2, -0.15) is 4.98 Å². The van der Waals surface area contributed by atoms with Gasteiger partial charge in [-0.25, -0.2) is 4.98 Å². The SMILES string of the molecule is NCCCNc1cc(Cl)nc(N)n1. The van der Waals surface area contributed by atoms with Gasteiger partial charge in [0.15, 0.2) is 0 Å². The first kappa shape index (κ1) is 10.0. The van der Waals surface area contributed by atoms with Crippen molar-refractivity contribution in [1.29, 1.82) is 0 Å². The number of nitrogens with one attached hydrogen (secondary N) is 1. The van der Waals surface area contributed by atoms with Crippen molar-refractivity contribution in [2.45, 2.75) is 6.42 Å². The molecule has 0 radical (unpaired) electrons. The molecule has 0 aliphatic heterocycles. The summed E-state index contributed by atoms with van der Waals surface area (Å²) in [4.78, 5) is 7.67. The highest BCUT2D eigenvalue weighted by Gasteiger charge is 1.98. The molecule has 0 aliphatic carbocycles. The number of nitrogen functional groups attached to an aromatic ring is 1. The Kier molecular flexibility index (Phi) is 3.72. The summed E-state index contributed by atoms with van der Waals surface area (Å²) in [6, 6.07) is 1.62. The standard InChI is InChI=1S/C7H12ClN5/c8-5-4-6(11-3-1-2-9)13-7(10)12-5/h4H,1-3,9H2,(H3,10,11,12,13). The van der Waals surface area contributed by atoms with E-state index in [0.29, 0.717) is 17.5 Å². The van der Waals surface area contributed by atoms with E-state index in [-0.39, 0.29) is 5.95 Å². The maximum Gasteiger partial charge on any atom is 0.223 e. The lowest BCUT2D eigenvalue weighted by Crippen LogP contribution is -2.10. The molecule has 0 aromatic carbocycles. The molecular formula is C7H12ClN5. The Hall–Kier alpha value is -1.07. The van der Waals surface area contributed by atoms with Crippen molar-refractivity contribution in [3.05, 3.63) is 11.2 Å². The van der Waals surface area contributed by atoms with Crippen LogP contribution in [0.2, 0.25) is 5.15 Å². The summed E-state index contributed by atoms with van der Waals surface area (Å²) in [5.74, 6) is 0.800. The van der Waals surface area contributed by atoms with Gasteiger partial charge in [0.05, 0.1) is 0 Å². The predicted octanol–water partition coefficient (Wildman–Crippen LogP) is 0.473. The Morgan fingerprint density at radius 2 is 2.23 bits per heavy atom. The normalized spacial score (nSPS) is 10.0. The Balaban J connectivity index is 2.56. The fourth-order valence-corrected chi connectivity index (χ4v) is 1.03. The van der Waals surface area contributed by atoms with Crippen LogP contribution in [0.1, 0.15) is 6.42 Å².